The van der Waals surface area contributed by atoms with Crippen molar-refractivity contribution < 1.29 is 9.00 Å². The number of pyridine rings is 1. The molecule has 0 aromatic carbocycles. The van der Waals surface area contributed by atoms with Crippen molar-refractivity contribution in [1.29, 1.82) is 0 Å². The molecule has 1 aromatic rings. The van der Waals surface area contributed by atoms with Crippen molar-refractivity contribution in [2.24, 2.45) is 0 Å². The topological polar surface area (TPSA) is 85.1 Å². The number of rotatable bonds is 6. The van der Waals surface area contributed by atoms with Crippen LogP contribution in [-0.4, -0.2) is 26.9 Å². The third kappa shape index (κ3) is 3.80. The molecule has 0 aliphatic heterocycles. The SMILES string of the molecule is CCCCNC(=O)C(C)S(=O)c1ncccc1N. The third-order valence-electron chi connectivity index (χ3n) is 2.51. The molecular weight excluding hydrogens is 250 g/mol. The Morgan fingerprint density at radius 3 is 2.94 bits per heavy atom. The van der Waals surface area contributed by atoms with Crippen LogP contribution in [0.3, 0.4) is 0 Å². The number of carbonyl (C=O) groups is 1. The average molecular weight is 269 g/mol. The summed E-state index contributed by atoms with van der Waals surface area (Å²) in [6.45, 7) is 4.27. The lowest BCUT2D eigenvalue weighted by molar-refractivity contribution is -0.120. The largest absolute Gasteiger partial charge is 0.396 e. The zero-order valence-electron chi connectivity index (χ0n) is 10.7. The van der Waals surface area contributed by atoms with Crippen molar-refractivity contribution >= 4 is 22.4 Å². The molecule has 1 amide bonds. The summed E-state index contributed by atoms with van der Waals surface area (Å²) in [6, 6.07) is 3.30. The maximum absolute atomic E-state index is 12.1. The Morgan fingerprint density at radius 2 is 2.33 bits per heavy atom. The maximum atomic E-state index is 12.1. The minimum atomic E-state index is -1.52. The lowest BCUT2D eigenvalue weighted by atomic mass is 10.3. The number of carbonyl (C=O) groups excluding carboxylic acids is 1. The average Bonchev–Trinajstić information content (AvgIpc) is 2.38. The van der Waals surface area contributed by atoms with E-state index in [1.165, 1.54) is 6.20 Å². The fraction of sp³-hybridized carbons (Fsp3) is 0.500. The predicted octanol–water partition coefficient (Wildman–Crippen LogP) is 1.08. The Balaban J connectivity index is 2.67. The molecule has 6 heteroatoms. The number of nitrogens with two attached hydrogens (primary N) is 1. The van der Waals surface area contributed by atoms with Gasteiger partial charge in [-0.2, -0.15) is 0 Å². The minimum absolute atomic E-state index is 0.230. The van der Waals surface area contributed by atoms with E-state index in [4.69, 9.17) is 5.73 Å². The summed E-state index contributed by atoms with van der Waals surface area (Å²) in [5.41, 5.74) is 6.04. The minimum Gasteiger partial charge on any atom is -0.396 e. The number of nitrogen functional groups attached to an aromatic ring is 1. The van der Waals surface area contributed by atoms with E-state index in [-0.39, 0.29) is 10.9 Å². The van der Waals surface area contributed by atoms with Gasteiger partial charge in [-0.05, 0) is 25.5 Å². The molecule has 2 atom stereocenters. The molecule has 18 heavy (non-hydrogen) atoms. The maximum Gasteiger partial charge on any atom is 0.235 e. The zero-order chi connectivity index (χ0) is 13.5. The quantitative estimate of drug-likeness (QED) is 0.757. The van der Waals surface area contributed by atoms with E-state index in [0.29, 0.717) is 12.2 Å². The first kappa shape index (κ1) is 14.6. The van der Waals surface area contributed by atoms with Crippen molar-refractivity contribution in [3.05, 3.63) is 18.3 Å². The normalized spacial score (nSPS) is 13.9. The Morgan fingerprint density at radius 1 is 1.61 bits per heavy atom. The molecule has 5 nitrogen and oxygen atoms in total. The molecule has 1 aromatic heterocycles. The smallest absolute Gasteiger partial charge is 0.235 e. The van der Waals surface area contributed by atoms with Gasteiger partial charge in [-0.3, -0.25) is 9.00 Å². The number of amides is 1. The second-order valence-electron chi connectivity index (χ2n) is 3.98. The molecule has 0 saturated carbocycles. The first-order chi connectivity index (χ1) is 8.57. The Bertz CT molecular complexity index is 437. The zero-order valence-corrected chi connectivity index (χ0v) is 11.5. The molecule has 1 rings (SSSR count). The molecule has 0 aliphatic rings. The number of hydrogen-bond donors (Lipinski definition) is 2. The highest BCUT2D eigenvalue weighted by Crippen LogP contribution is 2.15. The molecular formula is C12H19N3O2S. The second-order valence-corrected chi connectivity index (χ2v) is 5.67. The highest BCUT2D eigenvalue weighted by atomic mass is 32.2. The number of hydrogen-bond acceptors (Lipinski definition) is 4. The summed E-state index contributed by atoms with van der Waals surface area (Å²) in [4.78, 5) is 15.7. The predicted molar refractivity (Wildman–Crippen MR) is 72.4 cm³/mol. The van der Waals surface area contributed by atoms with E-state index in [0.717, 1.165) is 12.8 Å². The summed E-state index contributed by atoms with van der Waals surface area (Å²) in [5.74, 6) is -0.230. The van der Waals surface area contributed by atoms with Gasteiger partial charge in [0.1, 0.15) is 5.25 Å². The summed E-state index contributed by atoms with van der Waals surface area (Å²) in [7, 11) is -1.52. The third-order valence-corrected chi connectivity index (χ3v) is 4.09. The molecule has 100 valence electrons. The number of nitrogens with one attached hydrogen (secondary N) is 1. The van der Waals surface area contributed by atoms with Gasteiger partial charge in [0, 0.05) is 12.7 Å². The van der Waals surface area contributed by atoms with Crippen LogP contribution >= 0.6 is 0 Å². The number of unbranched alkanes of at least 4 members (excludes halogenated alkanes) is 1. The molecule has 2 unspecified atom stereocenters. The van der Waals surface area contributed by atoms with Gasteiger partial charge in [-0.1, -0.05) is 13.3 Å². The second kappa shape index (κ2) is 7.10. The van der Waals surface area contributed by atoms with Crippen LogP contribution in [0.25, 0.3) is 0 Å². The molecule has 0 radical (unpaired) electrons. The van der Waals surface area contributed by atoms with Crippen LogP contribution in [0.15, 0.2) is 23.4 Å². The van der Waals surface area contributed by atoms with Crippen molar-refractivity contribution in [2.45, 2.75) is 37.0 Å². The van der Waals surface area contributed by atoms with E-state index in [9.17, 15) is 9.00 Å². The summed E-state index contributed by atoms with van der Waals surface area (Å²) < 4.78 is 12.1. The van der Waals surface area contributed by atoms with Crippen LogP contribution in [0, 0.1) is 0 Å². The Kier molecular flexibility index (Phi) is 5.77. The van der Waals surface area contributed by atoms with E-state index in [1.807, 2.05) is 6.92 Å². The van der Waals surface area contributed by atoms with Crippen LogP contribution < -0.4 is 11.1 Å². The Hall–Kier alpha value is -1.43. The van der Waals surface area contributed by atoms with E-state index in [2.05, 4.69) is 10.3 Å². The van der Waals surface area contributed by atoms with Gasteiger partial charge in [0.05, 0.1) is 16.5 Å². The summed E-state index contributed by atoms with van der Waals surface area (Å²) in [5, 5.41) is 2.37. The van der Waals surface area contributed by atoms with Gasteiger partial charge >= 0.3 is 0 Å². The van der Waals surface area contributed by atoms with Gasteiger partial charge in [0.25, 0.3) is 0 Å². The molecule has 0 bridgehead atoms. The van der Waals surface area contributed by atoms with Crippen LogP contribution in [-0.2, 0) is 15.6 Å². The van der Waals surface area contributed by atoms with Crippen LogP contribution in [0.5, 0.6) is 0 Å². The van der Waals surface area contributed by atoms with Gasteiger partial charge in [0.15, 0.2) is 5.03 Å². The summed E-state index contributed by atoms with van der Waals surface area (Å²) in [6.07, 6.45) is 3.44. The van der Waals surface area contributed by atoms with Gasteiger partial charge in [-0.25, -0.2) is 4.98 Å². The lowest BCUT2D eigenvalue weighted by Crippen LogP contribution is -2.36. The number of aromatic nitrogens is 1. The molecule has 0 aliphatic carbocycles. The van der Waals surface area contributed by atoms with Crippen molar-refractivity contribution in [2.75, 3.05) is 12.3 Å². The van der Waals surface area contributed by atoms with E-state index in [1.54, 1.807) is 19.1 Å². The van der Waals surface area contributed by atoms with Crippen LogP contribution in [0.2, 0.25) is 0 Å². The fourth-order valence-electron chi connectivity index (χ4n) is 1.37. The Labute approximate surface area is 110 Å². The van der Waals surface area contributed by atoms with Crippen LogP contribution in [0.4, 0.5) is 5.69 Å². The lowest BCUT2D eigenvalue weighted by Gasteiger charge is -2.12. The monoisotopic (exact) mass is 269 g/mol. The summed E-state index contributed by atoms with van der Waals surface area (Å²) >= 11 is 0. The van der Waals surface area contributed by atoms with E-state index < -0.39 is 16.0 Å². The molecule has 0 spiro atoms. The van der Waals surface area contributed by atoms with Crippen molar-refractivity contribution in [1.82, 2.24) is 10.3 Å². The molecule has 0 saturated heterocycles. The van der Waals surface area contributed by atoms with Gasteiger partial charge < -0.3 is 11.1 Å². The molecule has 1 heterocycles. The van der Waals surface area contributed by atoms with E-state index >= 15 is 0 Å². The highest BCUT2D eigenvalue weighted by Gasteiger charge is 2.23. The van der Waals surface area contributed by atoms with Gasteiger partial charge in [0.2, 0.25) is 5.91 Å². The number of nitrogens with zero attached hydrogens (tertiary/aromatic N) is 1. The molecule has 0 fully saturated rings. The van der Waals surface area contributed by atoms with Crippen LogP contribution in [0.1, 0.15) is 26.7 Å². The molecule has 3 N–H and O–H groups in total. The van der Waals surface area contributed by atoms with Crippen molar-refractivity contribution in [3.63, 3.8) is 0 Å². The highest BCUT2D eigenvalue weighted by molar-refractivity contribution is 7.86. The number of anilines is 1. The first-order valence-corrected chi connectivity index (χ1v) is 7.18. The standard InChI is InChI=1S/C12H19N3O2S/c1-3-4-7-14-11(16)9(2)18(17)12-10(13)6-5-8-15-12/h5-6,8-9H,3-4,7,13H2,1-2H3,(H,14,16). The van der Waals surface area contributed by atoms with Crippen molar-refractivity contribution in [3.8, 4) is 0 Å². The first-order valence-electron chi connectivity index (χ1n) is 5.96. The van der Waals surface area contributed by atoms with Gasteiger partial charge in [-0.15, -0.1) is 0 Å². The fourth-order valence-corrected chi connectivity index (χ4v) is 2.45.